The maximum Gasteiger partial charge on any atom is 0.303 e. The number of carboxylic acid groups (broad SMARTS) is 1. The molecule has 0 bridgehead atoms. The summed E-state index contributed by atoms with van der Waals surface area (Å²) >= 11 is 0. The van der Waals surface area contributed by atoms with E-state index in [0.29, 0.717) is 35.5 Å². The van der Waals surface area contributed by atoms with Crippen LogP contribution in [0.25, 0.3) is 0 Å². The van der Waals surface area contributed by atoms with Crippen molar-refractivity contribution in [2.75, 3.05) is 0 Å². The molecular weight excluding hydrogens is 352 g/mol. The van der Waals surface area contributed by atoms with Crippen molar-refractivity contribution in [1.82, 2.24) is 0 Å². The highest BCUT2D eigenvalue weighted by Crippen LogP contribution is 2.68. The minimum absolute atomic E-state index is 0.0591. The molecule has 4 heteroatoms. The van der Waals surface area contributed by atoms with E-state index in [4.69, 9.17) is 5.11 Å². The number of hydrogen-bond donors (Lipinski definition) is 3. The van der Waals surface area contributed by atoms with E-state index in [2.05, 4.69) is 20.8 Å². The van der Waals surface area contributed by atoms with E-state index < -0.39 is 5.97 Å². The van der Waals surface area contributed by atoms with E-state index in [1.807, 2.05) is 0 Å². The maximum absolute atomic E-state index is 11.5. The minimum atomic E-state index is -0.707. The SMILES string of the molecule is C[C@H](CCC(=O)O)[C@@H]1CC[C@@H]2[C@H]3CC[C@H]4C[C@@H](O)CC[C@]4(C)[C@@H]3C[C@@H](O)[C@]21C. The van der Waals surface area contributed by atoms with Gasteiger partial charge in [-0.05, 0) is 104 Å². The Kier molecular flexibility index (Phi) is 5.36. The summed E-state index contributed by atoms with van der Waals surface area (Å²) in [5.41, 5.74) is 0.216. The van der Waals surface area contributed by atoms with Gasteiger partial charge in [0.2, 0.25) is 0 Å². The van der Waals surface area contributed by atoms with Crippen LogP contribution in [0, 0.1) is 46.3 Å². The van der Waals surface area contributed by atoms with Gasteiger partial charge in [0.25, 0.3) is 0 Å². The van der Waals surface area contributed by atoms with E-state index in [1.54, 1.807) is 0 Å². The highest BCUT2D eigenvalue weighted by Gasteiger charge is 2.63. The number of aliphatic carboxylic acids is 1. The zero-order valence-corrected chi connectivity index (χ0v) is 17.9. The fourth-order valence-corrected chi connectivity index (χ4v) is 8.71. The van der Waals surface area contributed by atoms with Crippen LogP contribution < -0.4 is 0 Å². The Labute approximate surface area is 170 Å². The molecule has 28 heavy (non-hydrogen) atoms. The Morgan fingerprint density at radius 1 is 1.04 bits per heavy atom. The van der Waals surface area contributed by atoms with Crippen LogP contribution >= 0.6 is 0 Å². The molecule has 4 aliphatic rings. The number of carboxylic acids is 1. The molecule has 4 nitrogen and oxygen atoms in total. The Hall–Kier alpha value is -0.610. The lowest BCUT2D eigenvalue weighted by atomic mass is 9.43. The Bertz CT molecular complexity index is 605. The van der Waals surface area contributed by atoms with Gasteiger partial charge in [-0.1, -0.05) is 20.8 Å². The summed E-state index contributed by atoms with van der Waals surface area (Å²) in [6, 6.07) is 0. The van der Waals surface area contributed by atoms with Crippen molar-refractivity contribution in [1.29, 1.82) is 0 Å². The van der Waals surface area contributed by atoms with Crippen LogP contribution in [-0.4, -0.2) is 33.5 Å². The fraction of sp³-hybridized carbons (Fsp3) is 0.958. The third-order valence-electron chi connectivity index (χ3n) is 10.3. The number of aliphatic hydroxyl groups is 2. The predicted molar refractivity (Wildman–Crippen MR) is 109 cm³/mol. The monoisotopic (exact) mass is 392 g/mol. The molecule has 0 saturated heterocycles. The minimum Gasteiger partial charge on any atom is -0.481 e. The standard InChI is InChI=1S/C24H40O4/c1-14(4-9-22(27)28)18-7-8-19-17-6-5-15-12-16(25)10-11-23(15,2)20(17)13-21(26)24(18,19)3/h14-21,25-26H,4-13H2,1-3H3,(H,27,28)/t14-,15+,16+,17-,18+,19-,20-,21-,23+,24+/m1/s1. The molecule has 0 spiro atoms. The normalized spacial score (nSPS) is 51.7. The molecule has 0 aliphatic heterocycles. The van der Waals surface area contributed by atoms with E-state index in [9.17, 15) is 15.0 Å². The van der Waals surface area contributed by atoms with Crippen LogP contribution in [0.1, 0.15) is 85.0 Å². The first-order chi connectivity index (χ1) is 13.2. The van der Waals surface area contributed by atoms with Gasteiger partial charge in [0.15, 0.2) is 0 Å². The van der Waals surface area contributed by atoms with Gasteiger partial charge in [0.1, 0.15) is 0 Å². The van der Waals surface area contributed by atoms with Crippen LogP contribution in [0.15, 0.2) is 0 Å². The lowest BCUT2D eigenvalue weighted by Gasteiger charge is -2.62. The van der Waals surface area contributed by atoms with E-state index in [0.717, 1.165) is 38.5 Å². The molecule has 3 N–H and O–H groups in total. The molecule has 0 aromatic carbocycles. The molecule has 10 atom stereocenters. The molecule has 4 rings (SSSR count). The molecule has 0 amide bonds. The first-order valence-electron chi connectivity index (χ1n) is 11.8. The molecule has 0 aromatic rings. The van der Waals surface area contributed by atoms with Gasteiger partial charge in [-0.25, -0.2) is 0 Å². The largest absolute Gasteiger partial charge is 0.481 e. The number of carbonyl (C=O) groups is 1. The topological polar surface area (TPSA) is 77.8 Å². The Morgan fingerprint density at radius 3 is 2.50 bits per heavy atom. The quantitative estimate of drug-likeness (QED) is 0.659. The molecule has 0 aromatic heterocycles. The smallest absolute Gasteiger partial charge is 0.303 e. The van der Waals surface area contributed by atoms with Gasteiger partial charge in [0, 0.05) is 6.42 Å². The van der Waals surface area contributed by atoms with Crippen molar-refractivity contribution < 1.29 is 20.1 Å². The summed E-state index contributed by atoms with van der Waals surface area (Å²) in [7, 11) is 0. The van der Waals surface area contributed by atoms with Crippen LogP contribution in [0.5, 0.6) is 0 Å². The van der Waals surface area contributed by atoms with Gasteiger partial charge in [-0.2, -0.15) is 0 Å². The van der Waals surface area contributed by atoms with Gasteiger partial charge in [0.05, 0.1) is 12.2 Å². The van der Waals surface area contributed by atoms with Gasteiger partial charge < -0.3 is 15.3 Å². The predicted octanol–water partition coefficient (Wildman–Crippen LogP) is 4.48. The molecular formula is C24H40O4. The van der Waals surface area contributed by atoms with Crippen molar-refractivity contribution in [2.45, 2.75) is 97.2 Å². The highest BCUT2D eigenvalue weighted by atomic mass is 16.4. The molecule has 0 heterocycles. The van der Waals surface area contributed by atoms with Crippen molar-refractivity contribution in [2.24, 2.45) is 46.3 Å². The molecule has 0 radical (unpaired) electrons. The summed E-state index contributed by atoms with van der Waals surface area (Å²) in [4.78, 5) is 11.1. The van der Waals surface area contributed by atoms with Gasteiger partial charge in [-0.3, -0.25) is 4.79 Å². The lowest BCUT2D eigenvalue weighted by Crippen LogP contribution is -2.58. The second kappa shape index (κ2) is 7.27. The van der Waals surface area contributed by atoms with E-state index in [-0.39, 0.29) is 29.5 Å². The summed E-state index contributed by atoms with van der Waals surface area (Å²) < 4.78 is 0. The Morgan fingerprint density at radius 2 is 1.79 bits per heavy atom. The van der Waals surface area contributed by atoms with Crippen LogP contribution in [0.3, 0.4) is 0 Å². The zero-order valence-electron chi connectivity index (χ0n) is 17.9. The zero-order chi connectivity index (χ0) is 20.3. The Balaban J connectivity index is 1.56. The third kappa shape index (κ3) is 3.05. The van der Waals surface area contributed by atoms with E-state index in [1.165, 1.54) is 19.3 Å². The number of rotatable bonds is 4. The first kappa shape index (κ1) is 20.7. The van der Waals surface area contributed by atoms with Crippen LogP contribution in [-0.2, 0) is 4.79 Å². The third-order valence-corrected chi connectivity index (χ3v) is 10.3. The molecule has 0 unspecified atom stereocenters. The van der Waals surface area contributed by atoms with Crippen molar-refractivity contribution in [3.63, 3.8) is 0 Å². The second-order valence-electron chi connectivity index (χ2n) is 11.3. The maximum atomic E-state index is 11.5. The van der Waals surface area contributed by atoms with Crippen molar-refractivity contribution >= 4 is 5.97 Å². The van der Waals surface area contributed by atoms with E-state index >= 15 is 0 Å². The summed E-state index contributed by atoms with van der Waals surface area (Å²) in [6.45, 7) is 6.99. The molecule has 4 saturated carbocycles. The van der Waals surface area contributed by atoms with Crippen molar-refractivity contribution in [3.05, 3.63) is 0 Å². The fourth-order valence-electron chi connectivity index (χ4n) is 8.71. The molecule has 160 valence electrons. The number of hydrogen-bond acceptors (Lipinski definition) is 3. The van der Waals surface area contributed by atoms with Crippen molar-refractivity contribution in [3.8, 4) is 0 Å². The first-order valence-corrected chi connectivity index (χ1v) is 11.8. The summed E-state index contributed by atoms with van der Waals surface area (Å²) in [5.74, 6) is 2.55. The average Bonchev–Trinajstić information content (AvgIpc) is 3.00. The van der Waals surface area contributed by atoms with Crippen LogP contribution in [0.4, 0.5) is 0 Å². The lowest BCUT2D eigenvalue weighted by molar-refractivity contribution is -0.175. The highest BCUT2D eigenvalue weighted by molar-refractivity contribution is 5.66. The summed E-state index contributed by atoms with van der Waals surface area (Å²) in [5, 5.41) is 30.8. The van der Waals surface area contributed by atoms with Gasteiger partial charge in [-0.15, -0.1) is 0 Å². The van der Waals surface area contributed by atoms with Gasteiger partial charge >= 0.3 is 5.97 Å². The number of fused-ring (bicyclic) bond motifs is 5. The average molecular weight is 393 g/mol. The molecule has 4 fully saturated rings. The van der Waals surface area contributed by atoms with Crippen LogP contribution in [0.2, 0.25) is 0 Å². The second-order valence-corrected chi connectivity index (χ2v) is 11.3. The summed E-state index contributed by atoms with van der Waals surface area (Å²) in [6.07, 6.45) is 9.26. The number of aliphatic hydroxyl groups excluding tert-OH is 2. The molecule has 4 aliphatic carbocycles.